The number of carbonyl (C=O) groups is 1. The van der Waals surface area contributed by atoms with Crippen LogP contribution in [0.25, 0.3) is 16.7 Å². The number of aromatic nitrogens is 4. The lowest BCUT2D eigenvalue weighted by Gasteiger charge is -2.35. The van der Waals surface area contributed by atoms with Crippen LogP contribution < -0.4 is 4.90 Å². The summed E-state index contributed by atoms with van der Waals surface area (Å²) in [4.78, 5) is 26.6. The van der Waals surface area contributed by atoms with Gasteiger partial charge in [-0.1, -0.05) is 35.9 Å². The summed E-state index contributed by atoms with van der Waals surface area (Å²) in [7, 11) is 1.63. The second-order valence-electron chi connectivity index (χ2n) is 8.22. The molecule has 2 aromatic carbocycles. The third-order valence-corrected chi connectivity index (χ3v) is 6.18. The van der Waals surface area contributed by atoms with Gasteiger partial charge in [0.25, 0.3) is 5.91 Å². The molecule has 0 unspecified atom stereocenters. The fourth-order valence-electron chi connectivity index (χ4n) is 4.30. The van der Waals surface area contributed by atoms with E-state index in [0.717, 1.165) is 22.6 Å². The SMILES string of the molecule is COCc1nc(N2CCN(C(=O)c3ccccc3)CC2)c2c(C)nn(-c3cccc(Cl)c3)c2n1. The van der Waals surface area contributed by atoms with Gasteiger partial charge in [0.2, 0.25) is 0 Å². The molecule has 0 radical (unpaired) electrons. The zero-order valence-electron chi connectivity index (χ0n) is 19.1. The number of nitrogens with zero attached hydrogens (tertiary/aromatic N) is 6. The molecule has 0 atom stereocenters. The lowest BCUT2D eigenvalue weighted by atomic mass is 10.1. The Labute approximate surface area is 202 Å². The summed E-state index contributed by atoms with van der Waals surface area (Å²) in [6, 6.07) is 16.9. The summed E-state index contributed by atoms with van der Waals surface area (Å²) >= 11 is 6.24. The van der Waals surface area contributed by atoms with Crippen LogP contribution in [0, 0.1) is 6.92 Å². The van der Waals surface area contributed by atoms with E-state index < -0.39 is 0 Å². The number of halogens is 1. The van der Waals surface area contributed by atoms with Crippen molar-refractivity contribution in [3.63, 3.8) is 0 Å². The molecule has 34 heavy (non-hydrogen) atoms. The monoisotopic (exact) mass is 476 g/mol. The van der Waals surface area contributed by atoms with E-state index in [0.29, 0.717) is 48.2 Å². The fraction of sp³-hybridized carbons (Fsp3) is 0.280. The summed E-state index contributed by atoms with van der Waals surface area (Å²) < 4.78 is 7.14. The van der Waals surface area contributed by atoms with E-state index in [1.165, 1.54) is 0 Å². The maximum atomic E-state index is 12.9. The minimum Gasteiger partial charge on any atom is -0.377 e. The minimum absolute atomic E-state index is 0.0538. The quantitative estimate of drug-likeness (QED) is 0.435. The lowest BCUT2D eigenvalue weighted by molar-refractivity contribution is 0.0746. The van der Waals surface area contributed by atoms with E-state index in [9.17, 15) is 4.79 Å². The summed E-state index contributed by atoms with van der Waals surface area (Å²) in [5.74, 6) is 1.45. The van der Waals surface area contributed by atoms with Crippen molar-refractivity contribution in [3.8, 4) is 5.69 Å². The molecule has 3 heterocycles. The smallest absolute Gasteiger partial charge is 0.253 e. The van der Waals surface area contributed by atoms with Crippen LogP contribution in [0.2, 0.25) is 5.02 Å². The number of amides is 1. The standard InChI is InChI=1S/C25H25ClN6O2/c1-17-22-23(30-11-13-31(14-12-30)25(33)18-7-4-3-5-8-18)27-21(16-34-2)28-24(22)32(29-17)20-10-6-9-19(26)15-20/h3-10,15H,11-14,16H2,1-2H3. The Morgan fingerprint density at radius 1 is 1.03 bits per heavy atom. The van der Waals surface area contributed by atoms with Crippen LogP contribution in [0.5, 0.6) is 0 Å². The third kappa shape index (κ3) is 4.22. The molecule has 2 aromatic heterocycles. The molecule has 0 saturated carbocycles. The van der Waals surface area contributed by atoms with Gasteiger partial charge in [-0.15, -0.1) is 0 Å². The Bertz CT molecular complexity index is 1330. The van der Waals surface area contributed by atoms with Crippen LogP contribution in [-0.4, -0.2) is 63.8 Å². The molecule has 1 amide bonds. The number of rotatable bonds is 5. The third-order valence-electron chi connectivity index (χ3n) is 5.94. The largest absolute Gasteiger partial charge is 0.377 e. The van der Waals surface area contributed by atoms with Gasteiger partial charge >= 0.3 is 0 Å². The molecule has 0 spiro atoms. The molecule has 5 rings (SSSR count). The van der Waals surface area contributed by atoms with Crippen LogP contribution in [0.1, 0.15) is 21.9 Å². The van der Waals surface area contributed by atoms with Gasteiger partial charge in [0.1, 0.15) is 12.4 Å². The first-order valence-electron chi connectivity index (χ1n) is 11.2. The molecular formula is C25H25ClN6O2. The van der Waals surface area contributed by atoms with Gasteiger partial charge < -0.3 is 14.5 Å². The van der Waals surface area contributed by atoms with Crippen molar-refractivity contribution in [1.82, 2.24) is 24.6 Å². The van der Waals surface area contributed by atoms with Gasteiger partial charge in [0.15, 0.2) is 11.5 Å². The van der Waals surface area contributed by atoms with E-state index in [4.69, 9.17) is 31.4 Å². The van der Waals surface area contributed by atoms with Crippen molar-refractivity contribution in [2.75, 3.05) is 38.2 Å². The van der Waals surface area contributed by atoms with Crippen LogP contribution in [0.4, 0.5) is 5.82 Å². The van der Waals surface area contributed by atoms with E-state index in [-0.39, 0.29) is 12.5 Å². The maximum absolute atomic E-state index is 12.9. The Kier molecular flexibility index (Phi) is 6.17. The minimum atomic E-state index is 0.0538. The number of benzene rings is 2. The first-order valence-corrected chi connectivity index (χ1v) is 11.5. The number of hydrogen-bond acceptors (Lipinski definition) is 6. The Hall–Kier alpha value is -3.49. The molecule has 1 saturated heterocycles. The van der Waals surface area contributed by atoms with Crippen LogP contribution >= 0.6 is 11.6 Å². The zero-order chi connectivity index (χ0) is 23.7. The summed E-state index contributed by atoms with van der Waals surface area (Å²) in [6.07, 6.45) is 0. The molecule has 1 aliphatic heterocycles. The van der Waals surface area contributed by atoms with E-state index in [2.05, 4.69) is 4.90 Å². The van der Waals surface area contributed by atoms with E-state index in [1.807, 2.05) is 66.4 Å². The maximum Gasteiger partial charge on any atom is 0.253 e. The molecular weight excluding hydrogens is 452 g/mol. The number of carbonyl (C=O) groups excluding carboxylic acids is 1. The summed E-state index contributed by atoms with van der Waals surface area (Å²) in [6.45, 7) is 4.80. The van der Waals surface area contributed by atoms with Crippen molar-refractivity contribution in [2.24, 2.45) is 0 Å². The zero-order valence-corrected chi connectivity index (χ0v) is 19.9. The van der Waals surface area contributed by atoms with Gasteiger partial charge in [0.05, 0.1) is 16.8 Å². The highest BCUT2D eigenvalue weighted by atomic mass is 35.5. The molecule has 174 valence electrons. The summed E-state index contributed by atoms with van der Waals surface area (Å²) in [5.41, 5.74) is 3.08. The predicted molar refractivity (Wildman–Crippen MR) is 132 cm³/mol. The van der Waals surface area contributed by atoms with Gasteiger partial charge in [-0.25, -0.2) is 14.6 Å². The number of fused-ring (bicyclic) bond motifs is 1. The van der Waals surface area contributed by atoms with E-state index in [1.54, 1.807) is 11.8 Å². The first kappa shape index (κ1) is 22.3. The number of methoxy groups -OCH3 is 1. The van der Waals surface area contributed by atoms with Crippen molar-refractivity contribution in [1.29, 1.82) is 0 Å². The highest BCUT2D eigenvalue weighted by Gasteiger charge is 2.27. The van der Waals surface area contributed by atoms with Crippen LogP contribution in [0.3, 0.4) is 0 Å². The predicted octanol–water partition coefficient (Wildman–Crippen LogP) is 3.89. The van der Waals surface area contributed by atoms with Crippen molar-refractivity contribution >= 4 is 34.4 Å². The number of hydrogen-bond donors (Lipinski definition) is 0. The Morgan fingerprint density at radius 2 is 1.79 bits per heavy atom. The molecule has 0 bridgehead atoms. The van der Waals surface area contributed by atoms with Crippen molar-refractivity contribution < 1.29 is 9.53 Å². The topological polar surface area (TPSA) is 76.4 Å². The van der Waals surface area contributed by atoms with Gasteiger partial charge in [0, 0.05) is 43.9 Å². The van der Waals surface area contributed by atoms with Gasteiger partial charge in [-0.2, -0.15) is 5.10 Å². The molecule has 4 aromatic rings. The van der Waals surface area contributed by atoms with Crippen LogP contribution in [0.15, 0.2) is 54.6 Å². The summed E-state index contributed by atoms with van der Waals surface area (Å²) in [5, 5.41) is 6.28. The molecule has 0 aliphatic carbocycles. The van der Waals surface area contributed by atoms with E-state index >= 15 is 0 Å². The lowest BCUT2D eigenvalue weighted by Crippen LogP contribution is -2.49. The molecule has 0 N–H and O–H groups in total. The van der Waals surface area contributed by atoms with Crippen LogP contribution in [-0.2, 0) is 11.3 Å². The number of piperazine rings is 1. The Morgan fingerprint density at radius 3 is 2.50 bits per heavy atom. The average molecular weight is 477 g/mol. The number of anilines is 1. The van der Waals surface area contributed by atoms with Crippen molar-refractivity contribution in [3.05, 3.63) is 76.7 Å². The second kappa shape index (κ2) is 9.40. The van der Waals surface area contributed by atoms with Crippen molar-refractivity contribution in [2.45, 2.75) is 13.5 Å². The fourth-order valence-corrected chi connectivity index (χ4v) is 4.49. The second-order valence-corrected chi connectivity index (χ2v) is 8.65. The highest BCUT2D eigenvalue weighted by Crippen LogP contribution is 2.30. The number of ether oxygens (including phenoxy) is 1. The Balaban J connectivity index is 1.49. The number of aryl methyl sites for hydroxylation is 1. The average Bonchev–Trinajstić information content (AvgIpc) is 3.20. The first-order chi connectivity index (χ1) is 16.5. The van der Waals surface area contributed by atoms with Gasteiger partial charge in [-0.05, 0) is 37.3 Å². The molecule has 1 fully saturated rings. The van der Waals surface area contributed by atoms with Gasteiger partial charge in [-0.3, -0.25) is 4.79 Å². The molecule has 8 nitrogen and oxygen atoms in total. The highest BCUT2D eigenvalue weighted by molar-refractivity contribution is 6.30. The normalized spacial score (nSPS) is 14.1. The molecule has 9 heteroatoms. The molecule has 1 aliphatic rings.